The first-order valence-electron chi connectivity index (χ1n) is 14.0. The molecule has 0 radical (unpaired) electrons. The molecule has 0 aliphatic carbocycles. The predicted molar refractivity (Wildman–Crippen MR) is 161 cm³/mol. The number of nitrogens with one attached hydrogen (secondary N) is 2. The molecule has 4 heterocycles. The minimum atomic E-state index is -0.386. The van der Waals surface area contributed by atoms with E-state index >= 15 is 0 Å². The number of ether oxygens (including phenoxy) is 1. The van der Waals surface area contributed by atoms with Gasteiger partial charge in [-0.3, -0.25) is 14.2 Å². The molecule has 1 fully saturated rings. The van der Waals surface area contributed by atoms with E-state index in [-0.39, 0.29) is 24.2 Å². The molecule has 2 aromatic carbocycles. The molecule has 0 saturated carbocycles. The van der Waals surface area contributed by atoms with E-state index in [4.69, 9.17) is 9.26 Å². The molecule has 12 heteroatoms. The van der Waals surface area contributed by atoms with E-state index in [2.05, 4.69) is 25.8 Å². The number of rotatable bonds is 9. The summed E-state index contributed by atoms with van der Waals surface area (Å²) in [5, 5.41) is 22.0. The van der Waals surface area contributed by atoms with Crippen molar-refractivity contribution in [3.63, 3.8) is 0 Å². The number of aliphatic hydroxyl groups excluding tert-OH is 1. The highest BCUT2D eigenvalue weighted by atomic mass is 16.5. The van der Waals surface area contributed by atoms with Crippen LogP contribution >= 0.6 is 0 Å². The maximum absolute atomic E-state index is 12.7. The lowest BCUT2D eigenvalue weighted by Crippen LogP contribution is -2.36. The van der Waals surface area contributed by atoms with Crippen LogP contribution in [0.3, 0.4) is 0 Å². The van der Waals surface area contributed by atoms with Crippen LogP contribution in [0.15, 0.2) is 70.1 Å². The van der Waals surface area contributed by atoms with Gasteiger partial charge >= 0.3 is 0 Å². The lowest BCUT2D eigenvalue weighted by molar-refractivity contribution is 0.121. The Kier molecular flexibility index (Phi) is 7.64. The van der Waals surface area contributed by atoms with E-state index < -0.39 is 0 Å². The van der Waals surface area contributed by atoms with Crippen LogP contribution in [0.4, 0.5) is 23.1 Å². The summed E-state index contributed by atoms with van der Waals surface area (Å²) in [6.07, 6.45) is 1.67. The van der Waals surface area contributed by atoms with Crippen molar-refractivity contribution in [3.8, 4) is 11.5 Å². The molecular weight excluding hydrogens is 536 g/mol. The molecule has 12 nitrogen and oxygen atoms in total. The summed E-state index contributed by atoms with van der Waals surface area (Å²) < 4.78 is 14.7. The van der Waals surface area contributed by atoms with Crippen molar-refractivity contribution in [1.29, 1.82) is 0 Å². The van der Waals surface area contributed by atoms with Gasteiger partial charge in [-0.25, -0.2) is 4.98 Å². The number of fused-ring (bicyclic) bond motifs is 1. The zero-order valence-electron chi connectivity index (χ0n) is 23.8. The number of benzene rings is 2. The molecule has 6 rings (SSSR count). The SMILES string of the molecule is CC(C)n1c2cc(Nc3cc(N[C@H](CO)c4ccccc4)c(-c4nc(N5CCOCC5)no4)cn3)ccc2c(=O)n1C. The summed E-state index contributed by atoms with van der Waals surface area (Å²) in [5.74, 6) is 1.37. The predicted octanol–water partition coefficient (Wildman–Crippen LogP) is 4.09. The smallest absolute Gasteiger partial charge is 0.274 e. The Morgan fingerprint density at radius 3 is 2.60 bits per heavy atom. The molecule has 3 N–H and O–H groups in total. The van der Waals surface area contributed by atoms with Crippen molar-refractivity contribution in [3.05, 3.63) is 76.7 Å². The molecule has 42 heavy (non-hydrogen) atoms. The Bertz CT molecular complexity index is 1740. The second-order valence-corrected chi connectivity index (χ2v) is 10.5. The monoisotopic (exact) mass is 570 g/mol. The Balaban J connectivity index is 1.36. The van der Waals surface area contributed by atoms with Crippen LogP contribution in [0.1, 0.15) is 31.5 Å². The van der Waals surface area contributed by atoms with Gasteiger partial charge in [-0.15, -0.1) is 0 Å². The van der Waals surface area contributed by atoms with E-state index in [1.165, 1.54) is 0 Å². The van der Waals surface area contributed by atoms with Gasteiger partial charge in [0.05, 0.1) is 48.0 Å². The quantitative estimate of drug-likeness (QED) is 0.238. The Morgan fingerprint density at radius 1 is 1.07 bits per heavy atom. The number of morpholine rings is 1. The molecule has 0 spiro atoms. The van der Waals surface area contributed by atoms with Gasteiger partial charge in [0.25, 0.3) is 17.4 Å². The molecule has 1 atom stereocenters. The van der Waals surface area contributed by atoms with E-state index in [1.54, 1.807) is 17.9 Å². The van der Waals surface area contributed by atoms with E-state index in [0.29, 0.717) is 60.6 Å². The lowest BCUT2D eigenvalue weighted by Gasteiger charge is -2.24. The van der Waals surface area contributed by atoms with Crippen molar-refractivity contribution in [2.45, 2.75) is 25.9 Å². The van der Waals surface area contributed by atoms with Crippen molar-refractivity contribution >= 4 is 34.0 Å². The van der Waals surface area contributed by atoms with Crippen molar-refractivity contribution in [2.24, 2.45) is 7.05 Å². The average molecular weight is 571 g/mol. The normalized spacial score (nSPS) is 14.5. The Morgan fingerprint density at radius 2 is 1.86 bits per heavy atom. The molecule has 5 aromatic rings. The largest absolute Gasteiger partial charge is 0.394 e. The third-order valence-electron chi connectivity index (χ3n) is 7.41. The van der Waals surface area contributed by atoms with Gasteiger partial charge in [-0.2, -0.15) is 4.98 Å². The standard InChI is InChI=1S/C30H34N8O4/c1-19(2)38-26-15-21(9-10-22(26)29(40)36(38)3)32-27-16-24(33-25(18-39)20-7-5-4-6-8-20)23(17-31-27)28-34-30(35-42-28)37-11-13-41-14-12-37/h4-10,15-17,19,25,39H,11-14,18H2,1-3H3,(H2,31,32,33)/t25-/m1/s1. The lowest BCUT2D eigenvalue weighted by atomic mass is 10.1. The van der Waals surface area contributed by atoms with Crippen LogP contribution in [0, 0.1) is 0 Å². The summed E-state index contributed by atoms with van der Waals surface area (Å²) in [7, 11) is 1.78. The Labute approximate surface area is 242 Å². The van der Waals surface area contributed by atoms with Crippen LogP contribution in [0.25, 0.3) is 22.4 Å². The number of pyridine rings is 1. The minimum absolute atomic E-state index is 0.0359. The Hall–Kier alpha value is -4.68. The van der Waals surface area contributed by atoms with Crippen LogP contribution < -0.4 is 21.1 Å². The second-order valence-electron chi connectivity index (χ2n) is 10.5. The van der Waals surface area contributed by atoms with Gasteiger partial charge in [0.2, 0.25) is 0 Å². The highest BCUT2D eigenvalue weighted by Crippen LogP contribution is 2.33. The van der Waals surface area contributed by atoms with Crippen molar-refractivity contribution in [1.82, 2.24) is 24.5 Å². The number of hydrogen-bond donors (Lipinski definition) is 3. The molecule has 1 aliphatic rings. The maximum Gasteiger partial charge on any atom is 0.274 e. The number of aliphatic hydroxyl groups is 1. The highest BCUT2D eigenvalue weighted by Gasteiger charge is 2.22. The zero-order chi connectivity index (χ0) is 29.2. The zero-order valence-corrected chi connectivity index (χ0v) is 23.8. The fourth-order valence-electron chi connectivity index (χ4n) is 5.32. The summed E-state index contributed by atoms with van der Waals surface area (Å²) in [6.45, 7) is 6.54. The molecule has 3 aromatic heterocycles. The third-order valence-corrected chi connectivity index (χ3v) is 7.41. The van der Waals surface area contributed by atoms with E-state index in [0.717, 1.165) is 16.8 Å². The van der Waals surface area contributed by atoms with Gasteiger partial charge < -0.3 is 29.9 Å². The molecule has 0 amide bonds. The maximum atomic E-state index is 12.7. The first-order valence-corrected chi connectivity index (χ1v) is 14.0. The summed E-state index contributed by atoms with van der Waals surface area (Å²) in [4.78, 5) is 24.1. The minimum Gasteiger partial charge on any atom is -0.394 e. The molecule has 1 aliphatic heterocycles. The van der Waals surface area contributed by atoms with Gasteiger partial charge in [0.15, 0.2) is 0 Å². The average Bonchev–Trinajstić information content (AvgIpc) is 3.60. The third kappa shape index (κ3) is 5.33. The van der Waals surface area contributed by atoms with Gasteiger partial charge in [0.1, 0.15) is 5.82 Å². The fraction of sp³-hybridized carbons (Fsp3) is 0.333. The number of anilines is 4. The topological polar surface area (TPSA) is 136 Å². The molecule has 1 saturated heterocycles. The summed E-state index contributed by atoms with van der Waals surface area (Å²) in [5.41, 5.74) is 3.77. The molecule has 218 valence electrons. The first-order chi connectivity index (χ1) is 20.4. The number of hydrogen-bond acceptors (Lipinski definition) is 10. The first kappa shape index (κ1) is 27.5. The van der Waals surface area contributed by atoms with Gasteiger partial charge in [0, 0.05) is 44.1 Å². The molecular formula is C30H34N8O4. The van der Waals surface area contributed by atoms with Crippen LogP contribution in [0.2, 0.25) is 0 Å². The van der Waals surface area contributed by atoms with Crippen molar-refractivity contribution < 1.29 is 14.4 Å². The van der Waals surface area contributed by atoms with Gasteiger partial charge in [-0.1, -0.05) is 30.3 Å². The van der Waals surface area contributed by atoms with Crippen molar-refractivity contribution in [2.75, 3.05) is 48.4 Å². The number of aromatic nitrogens is 5. The second kappa shape index (κ2) is 11.7. The van der Waals surface area contributed by atoms with Crippen LogP contribution in [0.5, 0.6) is 0 Å². The molecule has 0 bridgehead atoms. The van der Waals surface area contributed by atoms with Crippen LogP contribution in [-0.2, 0) is 11.8 Å². The van der Waals surface area contributed by atoms with E-state index in [1.807, 2.05) is 78.0 Å². The summed E-state index contributed by atoms with van der Waals surface area (Å²) in [6, 6.07) is 16.9. The van der Waals surface area contributed by atoms with E-state index in [9.17, 15) is 9.90 Å². The molecule has 0 unspecified atom stereocenters. The fourth-order valence-corrected chi connectivity index (χ4v) is 5.32. The number of nitrogens with zero attached hydrogens (tertiary/aromatic N) is 6. The highest BCUT2D eigenvalue weighted by molar-refractivity contribution is 5.84. The van der Waals surface area contributed by atoms with Gasteiger partial charge in [-0.05, 0) is 42.8 Å². The van der Waals surface area contributed by atoms with Crippen LogP contribution in [-0.4, -0.2) is 62.5 Å². The summed E-state index contributed by atoms with van der Waals surface area (Å²) >= 11 is 0.